The number of hydrogen-bond donors (Lipinski definition) is 1. The van der Waals surface area contributed by atoms with Gasteiger partial charge in [0, 0.05) is 31.4 Å². The molecule has 24 heavy (non-hydrogen) atoms. The third-order valence-corrected chi connectivity index (χ3v) is 4.24. The molecule has 6 heteroatoms. The van der Waals surface area contributed by atoms with E-state index in [4.69, 9.17) is 9.47 Å². The average Bonchev–Trinajstić information content (AvgIpc) is 2.52. The van der Waals surface area contributed by atoms with Crippen molar-refractivity contribution in [2.75, 3.05) is 20.2 Å². The number of carbonyl (C=O) groups excluding carboxylic acids is 1. The average molecular weight is 335 g/mol. The third kappa shape index (κ3) is 4.68. The van der Waals surface area contributed by atoms with Crippen molar-refractivity contribution in [1.29, 1.82) is 0 Å². The maximum atomic E-state index is 12.8. The molecule has 0 radical (unpaired) electrons. The van der Waals surface area contributed by atoms with E-state index in [-0.39, 0.29) is 30.1 Å². The third-order valence-electron chi connectivity index (χ3n) is 4.24. The first-order valence-electron chi connectivity index (χ1n) is 8.57. The summed E-state index contributed by atoms with van der Waals surface area (Å²) in [6.45, 7) is 10.2. The Balaban J connectivity index is 2.04. The minimum absolute atomic E-state index is 0.0391. The predicted octanol–water partition coefficient (Wildman–Crippen LogP) is 1.84. The van der Waals surface area contributed by atoms with Gasteiger partial charge in [-0.2, -0.15) is 0 Å². The molecule has 1 fully saturated rings. The molecule has 2 rings (SSSR count). The normalized spacial score (nSPS) is 23.1. The molecular weight excluding hydrogens is 306 g/mol. The molecule has 1 amide bonds. The Morgan fingerprint density at radius 3 is 2.67 bits per heavy atom. The van der Waals surface area contributed by atoms with Crippen molar-refractivity contribution < 1.29 is 14.3 Å². The summed E-state index contributed by atoms with van der Waals surface area (Å²) in [7, 11) is 1.58. The van der Waals surface area contributed by atoms with Gasteiger partial charge in [0.15, 0.2) is 0 Å². The largest absolute Gasteiger partial charge is 0.481 e. The molecule has 2 heterocycles. The second-order valence-corrected chi connectivity index (χ2v) is 6.79. The number of ether oxygens (including phenoxy) is 2. The minimum atomic E-state index is -0.165. The minimum Gasteiger partial charge on any atom is -0.481 e. The van der Waals surface area contributed by atoms with E-state index in [0.29, 0.717) is 12.4 Å². The lowest BCUT2D eigenvalue weighted by Crippen LogP contribution is -2.56. The summed E-state index contributed by atoms with van der Waals surface area (Å²) in [4.78, 5) is 19.2. The number of carbonyl (C=O) groups is 1. The van der Waals surface area contributed by atoms with Gasteiger partial charge in [-0.3, -0.25) is 9.69 Å². The van der Waals surface area contributed by atoms with Crippen LogP contribution >= 0.6 is 0 Å². The summed E-state index contributed by atoms with van der Waals surface area (Å²) in [6.07, 6.45) is 1.96. The highest BCUT2D eigenvalue weighted by molar-refractivity contribution is 5.82. The Hall–Kier alpha value is -1.66. The first kappa shape index (κ1) is 18.7. The van der Waals surface area contributed by atoms with E-state index >= 15 is 0 Å². The Labute approximate surface area is 144 Å². The van der Waals surface area contributed by atoms with Gasteiger partial charge >= 0.3 is 0 Å². The fourth-order valence-electron chi connectivity index (χ4n) is 3.36. The zero-order valence-electron chi connectivity index (χ0n) is 15.3. The molecule has 0 spiro atoms. The molecule has 1 aromatic rings. The number of aromatic nitrogens is 1. The van der Waals surface area contributed by atoms with Gasteiger partial charge in [-0.25, -0.2) is 4.98 Å². The van der Waals surface area contributed by atoms with Gasteiger partial charge in [0.05, 0.1) is 25.4 Å². The van der Waals surface area contributed by atoms with Crippen molar-refractivity contribution >= 4 is 5.91 Å². The van der Waals surface area contributed by atoms with Crippen LogP contribution in [0.25, 0.3) is 0 Å². The summed E-state index contributed by atoms with van der Waals surface area (Å²) in [6, 6.07) is 3.59. The molecule has 1 aliphatic rings. The van der Waals surface area contributed by atoms with Crippen LogP contribution in [0.3, 0.4) is 0 Å². The van der Waals surface area contributed by atoms with Crippen LogP contribution in [-0.4, -0.2) is 54.2 Å². The molecule has 1 saturated heterocycles. The Bertz CT molecular complexity index is 540. The van der Waals surface area contributed by atoms with Crippen molar-refractivity contribution in [2.45, 2.75) is 52.5 Å². The second-order valence-electron chi connectivity index (χ2n) is 6.79. The summed E-state index contributed by atoms with van der Waals surface area (Å²) < 4.78 is 11.0. The molecule has 0 aliphatic carbocycles. The van der Waals surface area contributed by atoms with Crippen LogP contribution in [-0.2, 0) is 16.1 Å². The first-order chi connectivity index (χ1) is 11.4. The summed E-state index contributed by atoms with van der Waals surface area (Å²) in [5.41, 5.74) is 0.875. The molecule has 0 unspecified atom stereocenters. The lowest BCUT2D eigenvalue weighted by Gasteiger charge is -2.41. The highest BCUT2D eigenvalue weighted by Crippen LogP contribution is 2.19. The van der Waals surface area contributed by atoms with Crippen molar-refractivity contribution in [1.82, 2.24) is 15.2 Å². The van der Waals surface area contributed by atoms with Crippen LogP contribution in [0.5, 0.6) is 5.88 Å². The number of pyridine rings is 1. The Kier molecular flexibility index (Phi) is 6.57. The van der Waals surface area contributed by atoms with Crippen molar-refractivity contribution in [2.24, 2.45) is 5.92 Å². The molecule has 1 N–H and O–H groups in total. The molecular formula is C18H29N3O3. The molecule has 0 bridgehead atoms. The smallest absolute Gasteiger partial charge is 0.237 e. The number of methoxy groups -OCH3 is 1. The predicted molar refractivity (Wildman–Crippen MR) is 92.8 cm³/mol. The van der Waals surface area contributed by atoms with E-state index in [1.165, 1.54) is 0 Å². The van der Waals surface area contributed by atoms with E-state index in [9.17, 15) is 4.79 Å². The summed E-state index contributed by atoms with van der Waals surface area (Å²) in [5, 5.41) is 3.04. The highest BCUT2D eigenvalue weighted by Gasteiger charge is 2.34. The molecule has 3 atom stereocenters. The van der Waals surface area contributed by atoms with E-state index in [1.807, 2.05) is 12.1 Å². The summed E-state index contributed by atoms with van der Waals surface area (Å²) >= 11 is 0. The number of rotatable bonds is 6. The molecule has 1 aliphatic heterocycles. The van der Waals surface area contributed by atoms with Crippen molar-refractivity contribution in [3.63, 3.8) is 0 Å². The van der Waals surface area contributed by atoms with Crippen LogP contribution in [0.1, 0.15) is 33.3 Å². The molecule has 6 nitrogen and oxygen atoms in total. The molecule has 134 valence electrons. The number of nitrogens with zero attached hydrogens (tertiary/aromatic N) is 2. The molecule has 0 aromatic carbocycles. The number of amides is 1. The Morgan fingerprint density at radius 1 is 1.42 bits per heavy atom. The van der Waals surface area contributed by atoms with E-state index in [1.54, 1.807) is 13.3 Å². The topological polar surface area (TPSA) is 63.7 Å². The maximum Gasteiger partial charge on any atom is 0.237 e. The number of morpholine rings is 1. The van der Waals surface area contributed by atoms with Crippen LogP contribution in [0.2, 0.25) is 0 Å². The lowest BCUT2D eigenvalue weighted by molar-refractivity contribution is -0.135. The fourth-order valence-corrected chi connectivity index (χ4v) is 3.36. The van der Waals surface area contributed by atoms with Crippen LogP contribution in [0.15, 0.2) is 18.3 Å². The monoisotopic (exact) mass is 335 g/mol. The van der Waals surface area contributed by atoms with Gasteiger partial charge in [-0.15, -0.1) is 0 Å². The zero-order chi connectivity index (χ0) is 17.7. The van der Waals surface area contributed by atoms with E-state index in [0.717, 1.165) is 18.7 Å². The lowest BCUT2D eigenvalue weighted by atomic mass is 9.99. The highest BCUT2D eigenvalue weighted by atomic mass is 16.5. The van der Waals surface area contributed by atoms with Gasteiger partial charge in [-0.1, -0.05) is 19.9 Å². The van der Waals surface area contributed by atoms with Crippen LogP contribution in [0, 0.1) is 5.92 Å². The number of nitrogens with one attached hydrogen (secondary N) is 1. The SMILES string of the molecule is COc1ncccc1CNC(=O)[C@H](C(C)C)N1C[C@@H](C)O[C@H](C)C1. The van der Waals surface area contributed by atoms with Crippen molar-refractivity contribution in [3.8, 4) is 5.88 Å². The second kappa shape index (κ2) is 8.44. The van der Waals surface area contributed by atoms with Gasteiger partial charge in [0.25, 0.3) is 0 Å². The van der Waals surface area contributed by atoms with Gasteiger partial charge in [0.1, 0.15) is 0 Å². The fraction of sp³-hybridized carbons (Fsp3) is 0.667. The molecule has 0 saturated carbocycles. The van der Waals surface area contributed by atoms with Gasteiger partial charge in [-0.05, 0) is 25.8 Å². The van der Waals surface area contributed by atoms with E-state index < -0.39 is 0 Å². The van der Waals surface area contributed by atoms with E-state index in [2.05, 4.69) is 42.9 Å². The quantitative estimate of drug-likeness (QED) is 0.859. The molecule has 1 aromatic heterocycles. The summed E-state index contributed by atoms with van der Waals surface area (Å²) in [5.74, 6) is 0.808. The van der Waals surface area contributed by atoms with Gasteiger partial charge in [0.2, 0.25) is 11.8 Å². The number of hydrogen-bond acceptors (Lipinski definition) is 5. The van der Waals surface area contributed by atoms with Crippen molar-refractivity contribution in [3.05, 3.63) is 23.9 Å². The standard InChI is InChI=1S/C18H29N3O3/c1-12(2)16(21-10-13(3)24-14(4)11-21)17(22)20-9-15-7-6-8-19-18(15)23-5/h6-8,12-14,16H,9-11H2,1-5H3,(H,20,22)/t13-,14-,16+/m1/s1. The van der Waals surface area contributed by atoms with Crippen LogP contribution in [0.4, 0.5) is 0 Å². The first-order valence-corrected chi connectivity index (χ1v) is 8.57. The van der Waals surface area contributed by atoms with Crippen LogP contribution < -0.4 is 10.1 Å². The Morgan fingerprint density at radius 2 is 2.08 bits per heavy atom. The van der Waals surface area contributed by atoms with Gasteiger partial charge < -0.3 is 14.8 Å². The maximum absolute atomic E-state index is 12.8. The zero-order valence-corrected chi connectivity index (χ0v) is 15.3.